The molecule has 0 spiro atoms. The second-order valence-corrected chi connectivity index (χ2v) is 0. The van der Waals surface area contributed by atoms with E-state index in [0.717, 1.165) is 0 Å². The van der Waals surface area contributed by atoms with Crippen molar-refractivity contribution in [2.45, 2.75) is 468 Å². The first-order valence-electron chi connectivity index (χ1n) is 22.0. The zero-order valence-electron chi connectivity index (χ0n) is 44.0. The molecule has 0 N–H and O–H groups in total. The molecule has 0 heteroatoms. The molecule has 0 atom stereocenters. The van der Waals surface area contributed by atoms with E-state index in [0.29, 0.717) is 0 Å². The van der Waals surface area contributed by atoms with E-state index < -0.39 is 0 Å². The Hall–Kier alpha value is 0. The molecular formula is C66H220. The SMILES string of the molecule is C.C.C.C.C.C.C.C.C.C.C.C.C.C.C.C.C.C.C.C.C.C.CC.CC.CC.CC.CC.CC.CC.CC.CC.CC.CC.CC.CC.CC.CC.CC.CC.CC.CC.CC.CC.CC. The van der Waals surface area contributed by atoms with E-state index >= 15 is 0 Å². The van der Waals surface area contributed by atoms with Crippen molar-refractivity contribution >= 4 is 0 Å². The molecule has 0 aliphatic heterocycles. The maximum Gasteiger partial charge on any atom is -0.0683 e. The van der Waals surface area contributed by atoms with Crippen LogP contribution in [0.2, 0.25) is 0 Å². The summed E-state index contributed by atoms with van der Waals surface area (Å²) in [6.07, 6.45) is 0. The molecule has 0 aromatic rings. The summed E-state index contributed by atoms with van der Waals surface area (Å²) >= 11 is 0. The first-order valence-corrected chi connectivity index (χ1v) is 22.0. The summed E-state index contributed by atoms with van der Waals surface area (Å²) in [6, 6.07) is 0. The van der Waals surface area contributed by atoms with Crippen LogP contribution in [0.1, 0.15) is 468 Å². The second kappa shape index (κ2) is 0. The van der Waals surface area contributed by atoms with Gasteiger partial charge in [0.05, 0.1) is 0 Å². The summed E-state index contributed by atoms with van der Waals surface area (Å²) in [6.45, 7) is 88.0. The van der Waals surface area contributed by atoms with Crippen molar-refractivity contribution in [3.8, 4) is 0 Å². The Morgan fingerprint density at radius 1 is 0.0455 bits per heavy atom. The molecule has 0 radical (unpaired) electrons. The van der Waals surface area contributed by atoms with E-state index in [-0.39, 0.29) is 163 Å². The van der Waals surface area contributed by atoms with E-state index in [4.69, 9.17) is 0 Å². The van der Waals surface area contributed by atoms with Gasteiger partial charge in [0.2, 0.25) is 0 Å². The molecule has 0 rings (SSSR count). The van der Waals surface area contributed by atoms with Crippen LogP contribution >= 0.6 is 0 Å². The first kappa shape index (κ1) is 576. The van der Waals surface area contributed by atoms with Gasteiger partial charge in [-0.1, -0.05) is 468 Å². The second-order valence-electron chi connectivity index (χ2n) is 0. The number of hydrogen-bond acceptors (Lipinski definition) is 0. The van der Waals surface area contributed by atoms with E-state index in [1.54, 1.807) is 0 Å². The summed E-state index contributed by atoms with van der Waals surface area (Å²) in [5.41, 5.74) is 0. The number of rotatable bonds is 0. The van der Waals surface area contributed by atoms with Crippen LogP contribution in [0.4, 0.5) is 0 Å². The van der Waals surface area contributed by atoms with Gasteiger partial charge in [-0.25, -0.2) is 0 Å². The van der Waals surface area contributed by atoms with Gasteiger partial charge in [-0.15, -0.1) is 0 Å². The standard InChI is InChI=1S/22C2H6.22CH4/c22*1-2;;;;;;;;;;;;;;;;;;;;;;/h22*1-2H3;22*1H4. The predicted molar refractivity (Wildman–Crippen MR) is 398 cm³/mol. The average molecular weight is 1010 g/mol. The highest BCUT2D eigenvalue weighted by Gasteiger charge is 0.975. The van der Waals surface area contributed by atoms with Crippen molar-refractivity contribution in [2.75, 3.05) is 0 Å². The Balaban J connectivity index is -0.00000000180. The Labute approximate surface area is 466 Å². The van der Waals surface area contributed by atoms with E-state index in [2.05, 4.69) is 0 Å². The fourth-order valence-corrected chi connectivity index (χ4v) is 0. The smallest absolute Gasteiger partial charge is 0.0683 e. The van der Waals surface area contributed by atoms with Crippen molar-refractivity contribution in [2.24, 2.45) is 0 Å². The lowest BCUT2D eigenvalue weighted by atomic mass is 11.0. The quantitative estimate of drug-likeness (QED) is 0.227. The summed E-state index contributed by atoms with van der Waals surface area (Å²) in [5, 5.41) is 0. The molecule has 0 aromatic carbocycles. The summed E-state index contributed by atoms with van der Waals surface area (Å²) in [7, 11) is 0. The monoisotopic (exact) mass is 1010 g/mol. The largest absolute Gasteiger partial charge is 0.0776 e. The topological polar surface area (TPSA) is 0 Å². The van der Waals surface area contributed by atoms with Gasteiger partial charge in [-0.2, -0.15) is 0 Å². The van der Waals surface area contributed by atoms with Gasteiger partial charge >= 0.3 is 0 Å². The van der Waals surface area contributed by atoms with Crippen molar-refractivity contribution in [1.82, 2.24) is 0 Å². The molecule has 0 amide bonds. The lowest BCUT2D eigenvalue weighted by Crippen LogP contribution is -0.856. The van der Waals surface area contributed by atoms with Crippen molar-refractivity contribution in [3.05, 3.63) is 0 Å². The van der Waals surface area contributed by atoms with Gasteiger partial charge in [-0.3, -0.25) is 0 Å². The fourth-order valence-electron chi connectivity index (χ4n) is 0. The highest BCUT2D eigenvalue weighted by Crippen LogP contribution is 1.19. The molecule has 0 bridgehead atoms. The van der Waals surface area contributed by atoms with Gasteiger partial charge in [-0.05, 0) is 0 Å². The molecular weight excluding hydrogens is 793 g/mol. The number of hydrogen-bond donors (Lipinski definition) is 0. The predicted octanol–water partition coefficient (Wildman–Crippen LogP) is 36.6. The van der Waals surface area contributed by atoms with Crippen LogP contribution in [0.15, 0.2) is 0 Å². The van der Waals surface area contributed by atoms with Crippen LogP contribution in [0.5, 0.6) is 0 Å². The minimum absolute atomic E-state index is 0. The fraction of sp³-hybridized carbons (Fsp3) is 1.00. The van der Waals surface area contributed by atoms with Gasteiger partial charge in [0.15, 0.2) is 0 Å². The summed E-state index contributed by atoms with van der Waals surface area (Å²) < 4.78 is 0. The molecule has 0 aliphatic carbocycles. The first-order chi connectivity index (χ1) is 22.0. The Morgan fingerprint density at radius 3 is 0.0455 bits per heavy atom. The van der Waals surface area contributed by atoms with Crippen LogP contribution in [0, 0.1) is 0 Å². The Morgan fingerprint density at radius 2 is 0.0455 bits per heavy atom. The van der Waals surface area contributed by atoms with E-state index in [9.17, 15) is 0 Å². The molecule has 0 aliphatic rings. The maximum atomic E-state index is 2.00. The van der Waals surface area contributed by atoms with E-state index in [1.165, 1.54) is 0 Å². The van der Waals surface area contributed by atoms with Crippen molar-refractivity contribution in [1.29, 1.82) is 0 Å². The third-order valence-corrected chi connectivity index (χ3v) is 0. The zero-order chi connectivity index (χ0) is 44.0. The normalized spacial score (nSPS) is 2.00. The molecule has 0 fully saturated rings. The molecule has 484 valence electrons. The molecule has 0 unspecified atom stereocenters. The van der Waals surface area contributed by atoms with Crippen LogP contribution in [0.3, 0.4) is 0 Å². The van der Waals surface area contributed by atoms with Gasteiger partial charge in [0, 0.05) is 0 Å². The summed E-state index contributed by atoms with van der Waals surface area (Å²) in [4.78, 5) is 0. The maximum absolute atomic E-state index is 2.00. The Bertz CT molecular complexity index is 0. The molecule has 0 saturated heterocycles. The molecule has 0 nitrogen and oxygen atoms in total. The highest BCUT2D eigenvalue weighted by molar-refractivity contribution is 3.55. The van der Waals surface area contributed by atoms with Crippen LogP contribution in [-0.4, -0.2) is 0 Å². The minimum atomic E-state index is 0. The third kappa shape index (κ3) is 0. The van der Waals surface area contributed by atoms with Gasteiger partial charge in [0.1, 0.15) is 0 Å². The zero-order valence-corrected chi connectivity index (χ0v) is 44.0. The average Bonchev–Trinajstić information content (AvgIpc) is 3.28. The lowest BCUT2D eigenvalue weighted by molar-refractivity contribution is 1.50. The highest BCUT2D eigenvalue weighted by atomic mass is 13.1. The van der Waals surface area contributed by atoms with E-state index in [1.807, 2.05) is 305 Å². The molecule has 0 aromatic heterocycles. The summed E-state index contributed by atoms with van der Waals surface area (Å²) in [5.74, 6) is 0. The minimum Gasteiger partial charge on any atom is -0.0776 e. The van der Waals surface area contributed by atoms with Crippen LogP contribution < -0.4 is 0 Å². The van der Waals surface area contributed by atoms with Gasteiger partial charge in [0.25, 0.3) is 0 Å². The van der Waals surface area contributed by atoms with Crippen molar-refractivity contribution in [3.63, 3.8) is 0 Å². The molecule has 66 heavy (non-hydrogen) atoms. The molecule has 0 heterocycles. The third-order valence-electron chi connectivity index (χ3n) is 0. The van der Waals surface area contributed by atoms with Gasteiger partial charge < -0.3 is 0 Å². The van der Waals surface area contributed by atoms with Crippen LogP contribution in [-0.2, 0) is 0 Å². The lowest BCUT2D eigenvalue weighted by Gasteiger charge is -1.07. The van der Waals surface area contributed by atoms with Crippen LogP contribution in [0.25, 0.3) is 0 Å². The van der Waals surface area contributed by atoms with Crippen molar-refractivity contribution < 1.29 is 0 Å². The molecule has 0 saturated carbocycles. The Kier molecular flexibility index (Phi) is 0.